The first-order chi connectivity index (χ1) is 25.6. The minimum Gasteiger partial charge on any atom is -0.381 e. The Balaban J connectivity index is 0.987. The van der Waals surface area contributed by atoms with Gasteiger partial charge in [-0.25, -0.2) is 18.7 Å². The molecule has 0 bridgehead atoms. The summed E-state index contributed by atoms with van der Waals surface area (Å²) < 4.78 is 35.9. The van der Waals surface area contributed by atoms with E-state index in [1.165, 1.54) is 12.3 Å². The standard InChI is InChI=1S/C40H36F2N6O4S/c1-23-17-29(36(44-20-23)47-21-40(22-47)12-15-52-16-13-40)37(49)45-26-9-7-25(8-10-26)39(51)48-14-11-28-32(42)34(53-33(28)27-5-3-4-6-31(27)48)38(50)46-35-30(41)18-24(2)19-43-35/h3-10,17-20H,11-16,21-22H2,1-2H3,(H,45,49)(H,43,46,50). The van der Waals surface area contributed by atoms with Crippen molar-refractivity contribution in [2.75, 3.05) is 53.3 Å². The van der Waals surface area contributed by atoms with E-state index >= 15 is 4.39 Å². The Morgan fingerprint density at radius 3 is 2.36 bits per heavy atom. The van der Waals surface area contributed by atoms with Gasteiger partial charge >= 0.3 is 0 Å². The fraction of sp³-hybridized carbons (Fsp3) is 0.275. The fourth-order valence-electron chi connectivity index (χ4n) is 7.34. The van der Waals surface area contributed by atoms with Crippen molar-refractivity contribution >= 4 is 52.1 Å². The normalized spacial score (nSPS) is 15.9. The molecule has 270 valence electrons. The van der Waals surface area contributed by atoms with Crippen molar-refractivity contribution in [3.63, 3.8) is 0 Å². The highest BCUT2D eigenvalue weighted by atomic mass is 32.1. The van der Waals surface area contributed by atoms with Crippen LogP contribution in [0.15, 0.2) is 73.1 Å². The van der Waals surface area contributed by atoms with E-state index < -0.39 is 17.5 Å². The van der Waals surface area contributed by atoms with Crippen molar-refractivity contribution in [1.29, 1.82) is 0 Å². The van der Waals surface area contributed by atoms with E-state index in [4.69, 9.17) is 4.74 Å². The third-order valence-electron chi connectivity index (χ3n) is 10.2. The number of aryl methyl sites for hydroxylation is 2. The topological polar surface area (TPSA) is 117 Å². The molecule has 2 aromatic carbocycles. The zero-order chi connectivity index (χ0) is 36.9. The maximum Gasteiger partial charge on any atom is 0.270 e. The Morgan fingerprint density at radius 2 is 1.60 bits per heavy atom. The molecule has 8 rings (SSSR count). The largest absolute Gasteiger partial charge is 0.381 e. The number of amides is 3. The molecule has 6 heterocycles. The molecule has 3 amide bonds. The van der Waals surface area contributed by atoms with Gasteiger partial charge in [-0.1, -0.05) is 18.2 Å². The van der Waals surface area contributed by atoms with Crippen LogP contribution in [-0.4, -0.2) is 60.5 Å². The first kappa shape index (κ1) is 34.6. The summed E-state index contributed by atoms with van der Waals surface area (Å²) in [6, 6.07) is 16.9. The van der Waals surface area contributed by atoms with Crippen LogP contribution in [0.25, 0.3) is 10.4 Å². The Labute approximate surface area is 308 Å². The number of thiophene rings is 1. The highest BCUT2D eigenvalue weighted by Crippen LogP contribution is 2.44. The highest BCUT2D eigenvalue weighted by Gasteiger charge is 2.45. The van der Waals surface area contributed by atoms with Gasteiger partial charge in [0.05, 0.1) is 11.3 Å². The lowest BCUT2D eigenvalue weighted by atomic mass is 9.73. The second-order valence-electron chi connectivity index (χ2n) is 14.0. The van der Waals surface area contributed by atoms with Gasteiger partial charge in [-0.05, 0) is 86.7 Å². The van der Waals surface area contributed by atoms with Gasteiger partial charge in [-0.3, -0.25) is 14.4 Å². The Kier molecular flexibility index (Phi) is 8.99. The van der Waals surface area contributed by atoms with Crippen molar-refractivity contribution < 1.29 is 27.9 Å². The Morgan fingerprint density at radius 1 is 0.887 bits per heavy atom. The molecule has 13 heteroatoms. The molecule has 0 saturated carbocycles. The van der Waals surface area contributed by atoms with Gasteiger partial charge < -0.3 is 25.2 Å². The number of para-hydroxylation sites is 1. The third kappa shape index (κ3) is 6.55. The number of pyridine rings is 2. The number of rotatable bonds is 6. The number of nitrogens with one attached hydrogen (secondary N) is 2. The van der Waals surface area contributed by atoms with Gasteiger partial charge in [-0.15, -0.1) is 11.3 Å². The number of carbonyl (C=O) groups is 3. The van der Waals surface area contributed by atoms with Gasteiger partial charge in [0, 0.05) is 77.9 Å². The summed E-state index contributed by atoms with van der Waals surface area (Å²) in [6.07, 6.45) is 5.35. The predicted octanol–water partition coefficient (Wildman–Crippen LogP) is 7.42. The molecule has 3 aromatic heterocycles. The molecule has 53 heavy (non-hydrogen) atoms. The second kappa shape index (κ2) is 13.8. The van der Waals surface area contributed by atoms with Crippen LogP contribution in [0.4, 0.5) is 31.8 Å². The van der Waals surface area contributed by atoms with Crippen LogP contribution in [0.2, 0.25) is 0 Å². The van der Waals surface area contributed by atoms with Crippen molar-refractivity contribution in [2.24, 2.45) is 5.41 Å². The molecule has 0 radical (unpaired) electrons. The van der Waals surface area contributed by atoms with Crippen LogP contribution in [0.5, 0.6) is 0 Å². The molecule has 10 nitrogen and oxygen atoms in total. The number of halogens is 2. The van der Waals surface area contributed by atoms with Crippen molar-refractivity contribution in [3.8, 4) is 10.4 Å². The Hall–Kier alpha value is -5.53. The van der Waals surface area contributed by atoms with Gasteiger partial charge in [0.25, 0.3) is 17.7 Å². The zero-order valence-electron chi connectivity index (χ0n) is 29.2. The molecule has 2 N–H and O–H groups in total. The highest BCUT2D eigenvalue weighted by molar-refractivity contribution is 7.17. The Bertz CT molecular complexity index is 2260. The van der Waals surface area contributed by atoms with Crippen LogP contribution >= 0.6 is 11.3 Å². The van der Waals surface area contributed by atoms with Crippen LogP contribution in [0.3, 0.4) is 0 Å². The molecular weight excluding hydrogens is 699 g/mol. The average Bonchev–Trinajstić information content (AvgIpc) is 3.38. The molecule has 5 aromatic rings. The molecule has 1 spiro atoms. The van der Waals surface area contributed by atoms with Crippen LogP contribution < -0.4 is 20.4 Å². The zero-order valence-corrected chi connectivity index (χ0v) is 30.0. The second-order valence-corrected chi connectivity index (χ2v) is 15.0. The van der Waals surface area contributed by atoms with E-state index in [2.05, 4.69) is 25.5 Å². The van der Waals surface area contributed by atoms with Gasteiger partial charge in [0.15, 0.2) is 17.5 Å². The summed E-state index contributed by atoms with van der Waals surface area (Å²) in [5.41, 5.74) is 4.57. The fourth-order valence-corrected chi connectivity index (χ4v) is 8.50. The number of nitrogens with zero attached hydrogens (tertiary/aromatic N) is 4. The van der Waals surface area contributed by atoms with Crippen molar-refractivity contribution in [2.45, 2.75) is 33.1 Å². The summed E-state index contributed by atoms with van der Waals surface area (Å²) in [5, 5.41) is 5.36. The number of ether oxygens (including phenoxy) is 1. The molecule has 0 unspecified atom stereocenters. The number of hydrogen-bond acceptors (Lipinski definition) is 8. The maximum atomic E-state index is 15.9. The van der Waals surface area contributed by atoms with Gasteiger partial charge in [-0.2, -0.15) is 0 Å². The van der Waals surface area contributed by atoms with E-state index in [-0.39, 0.29) is 40.9 Å². The molecule has 3 aliphatic rings. The number of fused-ring (bicyclic) bond motifs is 3. The number of anilines is 4. The molecule has 2 saturated heterocycles. The maximum absolute atomic E-state index is 15.9. The molecular formula is C40H36F2N6O4S. The number of aromatic nitrogens is 2. The lowest BCUT2D eigenvalue weighted by molar-refractivity contribution is -0.000511. The smallest absolute Gasteiger partial charge is 0.270 e. The SMILES string of the molecule is Cc1cnc(NC(=O)c2sc3c(c2F)CCN(C(=O)c2ccc(NC(=O)c4cc(C)cnc4N4CC5(CCOCC5)C4)cc2)c2ccccc2-3)c(F)c1. The van der Waals surface area contributed by atoms with Crippen molar-refractivity contribution in [3.05, 3.63) is 117 Å². The monoisotopic (exact) mass is 734 g/mol. The minimum absolute atomic E-state index is 0.148. The quantitative estimate of drug-likeness (QED) is 0.187. The van der Waals surface area contributed by atoms with Gasteiger partial charge in [0.1, 0.15) is 10.7 Å². The number of benzene rings is 2. The average molecular weight is 735 g/mol. The third-order valence-corrected chi connectivity index (χ3v) is 11.4. The van der Waals surface area contributed by atoms with E-state index in [1.807, 2.05) is 13.0 Å². The summed E-state index contributed by atoms with van der Waals surface area (Å²) in [6.45, 7) is 6.93. The lowest BCUT2D eigenvalue weighted by Gasteiger charge is -2.53. The van der Waals surface area contributed by atoms with Crippen LogP contribution in [0.1, 0.15) is 59.9 Å². The van der Waals surface area contributed by atoms with E-state index in [0.717, 1.165) is 56.0 Å². The minimum atomic E-state index is -0.799. The molecule has 2 fully saturated rings. The number of carbonyl (C=O) groups excluding carboxylic acids is 3. The summed E-state index contributed by atoms with van der Waals surface area (Å²) >= 11 is 0.956. The summed E-state index contributed by atoms with van der Waals surface area (Å²) in [4.78, 5) is 53.4. The van der Waals surface area contributed by atoms with E-state index in [1.54, 1.807) is 66.6 Å². The first-order valence-corrected chi connectivity index (χ1v) is 18.3. The molecule has 0 aliphatic carbocycles. The molecule has 0 atom stereocenters. The van der Waals surface area contributed by atoms with Crippen molar-refractivity contribution in [1.82, 2.24) is 9.97 Å². The van der Waals surface area contributed by atoms with E-state index in [9.17, 15) is 18.8 Å². The predicted molar refractivity (Wildman–Crippen MR) is 200 cm³/mol. The summed E-state index contributed by atoms with van der Waals surface area (Å²) in [7, 11) is 0. The number of hydrogen-bond donors (Lipinski definition) is 2. The van der Waals surface area contributed by atoms with Gasteiger partial charge in [0.2, 0.25) is 0 Å². The van der Waals surface area contributed by atoms with Crippen LogP contribution in [0, 0.1) is 30.9 Å². The lowest BCUT2D eigenvalue weighted by Crippen LogP contribution is -2.59. The molecule has 3 aliphatic heterocycles. The van der Waals surface area contributed by atoms with Crippen LogP contribution in [-0.2, 0) is 11.2 Å². The van der Waals surface area contributed by atoms with E-state index in [0.29, 0.717) is 49.9 Å². The first-order valence-electron chi connectivity index (χ1n) is 17.5. The summed E-state index contributed by atoms with van der Waals surface area (Å²) in [5.74, 6) is -2.42.